The molecular formula is C22H24N4O3. The van der Waals surface area contributed by atoms with Crippen LogP contribution >= 0.6 is 0 Å². The number of carbonyl (C=O) groups excluding carboxylic acids is 2. The molecule has 0 saturated carbocycles. The van der Waals surface area contributed by atoms with Crippen LogP contribution in [0.4, 0.5) is 5.82 Å². The van der Waals surface area contributed by atoms with Crippen molar-refractivity contribution in [2.24, 2.45) is 0 Å². The van der Waals surface area contributed by atoms with E-state index >= 15 is 0 Å². The molecule has 3 aromatic rings. The van der Waals surface area contributed by atoms with Crippen LogP contribution in [0.5, 0.6) is 0 Å². The fraction of sp³-hybridized carbons (Fsp3) is 0.364. The molecule has 0 saturated heterocycles. The van der Waals surface area contributed by atoms with E-state index < -0.39 is 0 Å². The minimum absolute atomic E-state index is 0.0347. The Bertz CT molecular complexity index is 1050. The van der Waals surface area contributed by atoms with Crippen molar-refractivity contribution in [2.45, 2.75) is 46.1 Å². The van der Waals surface area contributed by atoms with Gasteiger partial charge in [0.25, 0.3) is 0 Å². The van der Waals surface area contributed by atoms with Crippen LogP contribution in [0.2, 0.25) is 0 Å². The van der Waals surface area contributed by atoms with Crippen LogP contribution < -0.4 is 4.90 Å². The molecule has 29 heavy (non-hydrogen) atoms. The lowest BCUT2D eigenvalue weighted by Gasteiger charge is -2.27. The number of carbonyl (C=O) groups is 2. The standard InChI is InChI=1S/C22H24N4O3/c1-15-6-3-4-7-19(15)20-14-18(29-24-20)13-17(27)8-9-22(28)25-10-5-11-26-21(25)12-16(2)23-26/h3-4,6-7,12,14H,5,8-11,13H2,1-2H3. The summed E-state index contributed by atoms with van der Waals surface area (Å²) in [5, 5.41) is 8.49. The number of hydrogen-bond acceptors (Lipinski definition) is 5. The van der Waals surface area contributed by atoms with Gasteiger partial charge in [0.1, 0.15) is 23.1 Å². The van der Waals surface area contributed by atoms with Gasteiger partial charge in [-0.05, 0) is 25.8 Å². The van der Waals surface area contributed by atoms with E-state index in [0.29, 0.717) is 12.3 Å². The summed E-state index contributed by atoms with van der Waals surface area (Å²) in [5.41, 5.74) is 3.70. The van der Waals surface area contributed by atoms with Crippen molar-refractivity contribution in [1.29, 1.82) is 0 Å². The van der Waals surface area contributed by atoms with Gasteiger partial charge in [0.15, 0.2) is 0 Å². The van der Waals surface area contributed by atoms with Gasteiger partial charge in [0, 0.05) is 43.6 Å². The van der Waals surface area contributed by atoms with Crippen LogP contribution in [0.1, 0.15) is 36.3 Å². The fourth-order valence-electron chi connectivity index (χ4n) is 3.71. The number of ketones is 1. The zero-order valence-corrected chi connectivity index (χ0v) is 16.7. The SMILES string of the molecule is Cc1cc2n(n1)CCCN2C(=O)CCC(=O)Cc1cc(-c2ccccc2C)no1. The molecule has 7 heteroatoms. The van der Waals surface area contributed by atoms with Gasteiger partial charge in [0.05, 0.1) is 12.1 Å². The van der Waals surface area contributed by atoms with Crippen molar-refractivity contribution in [3.8, 4) is 11.3 Å². The summed E-state index contributed by atoms with van der Waals surface area (Å²) in [6, 6.07) is 11.6. The highest BCUT2D eigenvalue weighted by Crippen LogP contribution is 2.24. The molecule has 3 heterocycles. The largest absolute Gasteiger partial charge is 0.360 e. The molecule has 0 atom stereocenters. The number of anilines is 1. The summed E-state index contributed by atoms with van der Waals surface area (Å²) >= 11 is 0. The molecule has 7 nitrogen and oxygen atoms in total. The number of aryl methyl sites for hydroxylation is 3. The Labute approximate surface area is 169 Å². The highest BCUT2D eigenvalue weighted by molar-refractivity contribution is 5.95. The number of aromatic nitrogens is 3. The third-order valence-corrected chi connectivity index (χ3v) is 5.18. The maximum atomic E-state index is 12.7. The Balaban J connectivity index is 1.34. The van der Waals surface area contributed by atoms with E-state index in [4.69, 9.17) is 4.52 Å². The summed E-state index contributed by atoms with van der Waals surface area (Å²) in [4.78, 5) is 26.8. The number of amides is 1. The normalized spacial score (nSPS) is 13.4. The first-order valence-electron chi connectivity index (χ1n) is 9.89. The van der Waals surface area contributed by atoms with Crippen molar-refractivity contribution >= 4 is 17.5 Å². The minimum Gasteiger partial charge on any atom is -0.360 e. The van der Waals surface area contributed by atoms with E-state index in [0.717, 1.165) is 41.3 Å². The van der Waals surface area contributed by atoms with Gasteiger partial charge < -0.3 is 4.52 Å². The summed E-state index contributed by atoms with van der Waals surface area (Å²) in [7, 11) is 0. The Morgan fingerprint density at radius 2 is 1.93 bits per heavy atom. The van der Waals surface area contributed by atoms with Crippen LogP contribution in [-0.2, 0) is 22.6 Å². The molecule has 4 rings (SSSR count). The number of fused-ring (bicyclic) bond motifs is 1. The molecule has 0 aliphatic carbocycles. The smallest absolute Gasteiger partial charge is 0.228 e. The molecule has 1 amide bonds. The Morgan fingerprint density at radius 3 is 2.76 bits per heavy atom. The number of benzene rings is 1. The lowest BCUT2D eigenvalue weighted by atomic mass is 10.0. The molecule has 0 N–H and O–H groups in total. The van der Waals surface area contributed by atoms with E-state index in [9.17, 15) is 9.59 Å². The first-order valence-corrected chi connectivity index (χ1v) is 9.89. The van der Waals surface area contributed by atoms with Crippen molar-refractivity contribution in [3.63, 3.8) is 0 Å². The molecule has 150 valence electrons. The average Bonchev–Trinajstić information content (AvgIpc) is 3.31. The summed E-state index contributed by atoms with van der Waals surface area (Å²) in [6.45, 7) is 5.41. The summed E-state index contributed by atoms with van der Waals surface area (Å²) in [5.74, 6) is 1.27. The number of Topliss-reactive ketones (excluding diaryl/α,β-unsaturated/α-hetero) is 1. The van der Waals surface area contributed by atoms with Gasteiger partial charge in [-0.3, -0.25) is 14.5 Å². The Kier molecular flexibility index (Phi) is 5.29. The highest BCUT2D eigenvalue weighted by atomic mass is 16.5. The van der Waals surface area contributed by atoms with Gasteiger partial charge in [0.2, 0.25) is 5.91 Å². The first kappa shape index (κ1) is 19.1. The predicted octanol–water partition coefficient (Wildman–Crippen LogP) is 3.48. The van der Waals surface area contributed by atoms with Gasteiger partial charge in [-0.2, -0.15) is 5.10 Å². The van der Waals surface area contributed by atoms with Gasteiger partial charge in [-0.1, -0.05) is 29.4 Å². The average molecular weight is 392 g/mol. The quantitative estimate of drug-likeness (QED) is 0.641. The predicted molar refractivity (Wildman–Crippen MR) is 109 cm³/mol. The molecule has 0 bridgehead atoms. The van der Waals surface area contributed by atoms with Crippen molar-refractivity contribution < 1.29 is 14.1 Å². The number of hydrogen-bond donors (Lipinski definition) is 0. The van der Waals surface area contributed by atoms with Gasteiger partial charge in [-0.15, -0.1) is 0 Å². The Hall–Kier alpha value is -3.22. The van der Waals surface area contributed by atoms with E-state index in [-0.39, 0.29) is 31.0 Å². The third kappa shape index (κ3) is 4.13. The van der Waals surface area contributed by atoms with Gasteiger partial charge >= 0.3 is 0 Å². The maximum absolute atomic E-state index is 12.7. The van der Waals surface area contributed by atoms with E-state index in [1.807, 2.05) is 48.9 Å². The molecule has 1 aliphatic rings. The zero-order valence-electron chi connectivity index (χ0n) is 16.7. The van der Waals surface area contributed by atoms with Crippen LogP contribution in [0.15, 0.2) is 40.9 Å². The second-order valence-electron chi connectivity index (χ2n) is 7.47. The highest BCUT2D eigenvalue weighted by Gasteiger charge is 2.24. The van der Waals surface area contributed by atoms with Crippen molar-refractivity contribution in [1.82, 2.24) is 14.9 Å². The number of nitrogens with zero attached hydrogens (tertiary/aromatic N) is 4. The molecule has 0 radical (unpaired) electrons. The minimum atomic E-state index is -0.0441. The number of rotatable bonds is 6. The second kappa shape index (κ2) is 8.03. The van der Waals surface area contributed by atoms with Gasteiger partial charge in [-0.25, -0.2) is 4.68 Å². The van der Waals surface area contributed by atoms with Crippen molar-refractivity contribution in [3.05, 3.63) is 53.4 Å². The third-order valence-electron chi connectivity index (χ3n) is 5.18. The monoisotopic (exact) mass is 392 g/mol. The zero-order chi connectivity index (χ0) is 20.4. The lowest BCUT2D eigenvalue weighted by molar-refractivity contribution is -0.124. The van der Waals surface area contributed by atoms with Crippen molar-refractivity contribution in [2.75, 3.05) is 11.4 Å². The molecule has 0 spiro atoms. The van der Waals surface area contributed by atoms with E-state index in [1.165, 1.54) is 0 Å². The molecule has 0 fully saturated rings. The second-order valence-corrected chi connectivity index (χ2v) is 7.47. The maximum Gasteiger partial charge on any atom is 0.228 e. The van der Waals surface area contributed by atoms with Crippen LogP contribution in [-0.4, -0.2) is 33.2 Å². The summed E-state index contributed by atoms with van der Waals surface area (Å²) in [6.07, 6.45) is 1.38. The van der Waals surface area contributed by atoms with E-state index in [2.05, 4.69) is 10.3 Å². The van der Waals surface area contributed by atoms with Crippen LogP contribution in [0, 0.1) is 13.8 Å². The molecular weight excluding hydrogens is 368 g/mol. The fourth-order valence-corrected chi connectivity index (χ4v) is 3.71. The Morgan fingerprint density at radius 1 is 1.10 bits per heavy atom. The first-order chi connectivity index (χ1) is 14.0. The topological polar surface area (TPSA) is 81.2 Å². The molecule has 1 aromatic carbocycles. The van der Waals surface area contributed by atoms with Crippen LogP contribution in [0.3, 0.4) is 0 Å². The molecule has 1 aliphatic heterocycles. The summed E-state index contributed by atoms with van der Waals surface area (Å²) < 4.78 is 7.20. The molecule has 2 aromatic heterocycles. The van der Waals surface area contributed by atoms with Crippen LogP contribution in [0.25, 0.3) is 11.3 Å². The van der Waals surface area contributed by atoms with E-state index in [1.54, 1.807) is 11.0 Å². The molecule has 0 unspecified atom stereocenters. The lowest BCUT2D eigenvalue weighted by Crippen LogP contribution is -2.37.